The van der Waals surface area contributed by atoms with Gasteiger partial charge in [0.15, 0.2) is 5.78 Å². The molecule has 198 valence electrons. The number of hydrogen-bond acceptors (Lipinski definition) is 9. The first-order chi connectivity index (χ1) is 17.4. The first kappa shape index (κ1) is 27.4. The van der Waals surface area contributed by atoms with Gasteiger partial charge in [0, 0.05) is 44.9 Å². The molecule has 36 heavy (non-hydrogen) atoms. The van der Waals surface area contributed by atoms with Gasteiger partial charge < -0.3 is 35.5 Å². The van der Waals surface area contributed by atoms with Gasteiger partial charge in [0.25, 0.3) is 0 Å². The van der Waals surface area contributed by atoms with Crippen molar-refractivity contribution in [3.63, 3.8) is 0 Å². The van der Waals surface area contributed by atoms with Crippen LogP contribution in [0.2, 0.25) is 0 Å². The topological polar surface area (TPSA) is 145 Å². The van der Waals surface area contributed by atoms with Crippen molar-refractivity contribution in [1.29, 1.82) is 0 Å². The number of allylic oxidation sites excluding steroid dienone is 1. The van der Waals surface area contributed by atoms with Crippen LogP contribution in [0.1, 0.15) is 12.5 Å². The summed E-state index contributed by atoms with van der Waals surface area (Å²) in [5.74, 6) is -0.931. The Balaban J connectivity index is 1.57. The third kappa shape index (κ3) is 7.65. The van der Waals surface area contributed by atoms with E-state index in [2.05, 4.69) is 21.5 Å². The molecule has 0 bridgehead atoms. The van der Waals surface area contributed by atoms with Gasteiger partial charge in [-0.1, -0.05) is 37.3 Å². The summed E-state index contributed by atoms with van der Waals surface area (Å²) in [5, 5.41) is 17.6. The van der Waals surface area contributed by atoms with Gasteiger partial charge in [-0.3, -0.25) is 15.0 Å². The summed E-state index contributed by atoms with van der Waals surface area (Å²) in [6, 6.07) is 8.24. The molecule has 3 atom stereocenters. The van der Waals surface area contributed by atoms with Crippen molar-refractivity contribution in [2.45, 2.75) is 25.4 Å². The zero-order chi connectivity index (χ0) is 25.9. The van der Waals surface area contributed by atoms with E-state index in [9.17, 15) is 19.5 Å². The Labute approximate surface area is 210 Å². The molecule has 0 spiro atoms. The number of piperazine rings is 1. The van der Waals surface area contributed by atoms with Crippen LogP contribution in [0.4, 0.5) is 4.79 Å². The molecule has 0 aromatic heterocycles. The minimum Gasteiger partial charge on any atom is -0.465 e. The number of amides is 2. The fourth-order valence-electron chi connectivity index (χ4n) is 4.30. The van der Waals surface area contributed by atoms with Crippen LogP contribution in [0, 0.1) is 5.92 Å². The molecule has 2 heterocycles. The zero-order valence-corrected chi connectivity index (χ0v) is 20.7. The maximum atomic E-state index is 13.3. The molecule has 1 saturated heterocycles. The van der Waals surface area contributed by atoms with Gasteiger partial charge in [0.1, 0.15) is 5.70 Å². The SMILES string of the molecule is COCCOCCN1NC=C(C(=O)C(C)C2NCCN(C(=O)O)C2CNC(=O)Cc2ccccc2)N1. The molecule has 2 aliphatic heterocycles. The smallest absolute Gasteiger partial charge is 0.407 e. The van der Waals surface area contributed by atoms with Crippen LogP contribution in [0.25, 0.3) is 0 Å². The molecule has 5 N–H and O–H groups in total. The summed E-state index contributed by atoms with van der Waals surface area (Å²) in [4.78, 5) is 39.0. The lowest BCUT2D eigenvalue weighted by atomic mass is 9.87. The Morgan fingerprint density at radius 2 is 1.97 bits per heavy atom. The number of carboxylic acid groups (broad SMARTS) is 1. The number of ether oxygens (including phenoxy) is 2. The van der Waals surface area contributed by atoms with Crippen LogP contribution in [0.5, 0.6) is 0 Å². The summed E-state index contributed by atoms with van der Waals surface area (Å²) in [7, 11) is 1.61. The van der Waals surface area contributed by atoms with E-state index in [-0.39, 0.29) is 31.2 Å². The maximum absolute atomic E-state index is 13.3. The number of methoxy groups -OCH3 is 1. The average molecular weight is 505 g/mol. The highest BCUT2D eigenvalue weighted by molar-refractivity contribution is 5.97. The van der Waals surface area contributed by atoms with Gasteiger partial charge in [-0.25, -0.2) is 4.79 Å². The maximum Gasteiger partial charge on any atom is 0.407 e. The standard InChI is InChI=1S/C24H36N6O6/c1-17(23(32)19-15-27-30(28-19)10-11-36-13-12-35-2)22-20(29(24(33)34)9-8-25-22)16-26-21(31)14-18-6-4-3-5-7-18/h3-7,15,17,20,22,25,27-28H,8-14,16H2,1-2H3,(H,26,31)(H,33,34). The molecular formula is C24H36N6O6. The Kier molecular flexibility index (Phi) is 10.5. The molecule has 1 aromatic carbocycles. The normalized spacial score (nSPS) is 20.7. The number of rotatable bonds is 13. The number of carbonyl (C=O) groups is 3. The van der Waals surface area contributed by atoms with Crippen LogP contribution >= 0.6 is 0 Å². The van der Waals surface area contributed by atoms with Crippen molar-refractivity contribution < 1.29 is 29.0 Å². The highest BCUT2D eigenvalue weighted by Gasteiger charge is 2.40. The zero-order valence-electron chi connectivity index (χ0n) is 20.7. The monoisotopic (exact) mass is 504 g/mol. The van der Waals surface area contributed by atoms with Crippen molar-refractivity contribution in [2.24, 2.45) is 5.92 Å². The number of carbonyl (C=O) groups excluding carboxylic acids is 2. The molecule has 3 rings (SSSR count). The average Bonchev–Trinajstić information content (AvgIpc) is 3.35. The molecule has 0 saturated carbocycles. The highest BCUT2D eigenvalue weighted by atomic mass is 16.5. The van der Waals surface area contributed by atoms with Crippen LogP contribution in [0.3, 0.4) is 0 Å². The second kappa shape index (κ2) is 13.8. The fourth-order valence-corrected chi connectivity index (χ4v) is 4.30. The van der Waals surface area contributed by atoms with E-state index in [1.54, 1.807) is 25.4 Å². The first-order valence-electron chi connectivity index (χ1n) is 12.1. The Morgan fingerprint density at radius 1 is 1.19 bits per heavy atom. The Bertz CT molecular complexity index is 914. The number of benzene rings is 1. The van der Waals surface area contributed by atoms with Crippen molar-refractivity contribution >= 4 is 17.8 Å². The van der Waals surface area contributed by atoms with Gasteiger partial charge in [-0.05, 0) is 5.56 Å². The summed E-state index contributed by atoms with van der Waals surface area (Å²) < 4.78 is 10.4. The Hall–Kier alpha value is -3.19. The van der Waals surface area contributed by atoms with Gasteiger partial charge in [-0.2, -0.15) is 0 Å². The predicted octanol–water partition coefficient (Wildman–Crippen LogP) is -0.300. The Morgan fingerprint density at radius 3 is 2.69 bits per heavy atom. The minimum absolute atomic E-state index is 0.100. The van der Waals surface area contributed by atoms with Crippen LogP contribution in [0.15, 0.2) is 42.2 Å². The molecule has 1 fully saturated rings. The fraction of sp³-hybridized carbons (Fsp3) is 0.542. The van der Waals surface area contributed by atoms with E-state index < -0.39 is 24.1 Å². The quantitative estimate of drug-likeness (QED) is 0.227. The molecule has 12 nitrogen and oxygen atoms in total. The van der Waals surface area contributed by atoms with Crippen molar-refractivity contribution in [2.75, 3.05) is 53.1 Å². The van der Waals surface area contributed by atoms with Crippen molar-refractivity contribution in [3.8, 4) is 0 Å². The minimum atomic E-state index is -1.08. The van der Waals surface area contributed by atoms with E-state index in [1.807, 2.05) is 30.3 Å². The summed E-state index contributed by atoms with van der Waals surface area (Å²) in [5.41, 5.74) is 7.25. The van der Waals surface area contributed by atoms with Crippen molar-refractivity contribution in [1.82, 2.24) is 31.5 Å². The van der Waals surface area contributed by atoms with E-state index in [0.717, 1.165) is 5.56 Å². The molecule has 0 aliphatic carbocycles. The molecule has 0 radical (unpaired) electrons. The van der Waals surface area contributed by atoms with Gasteiger partial charge in [0.05, 0.1) is 38.8 Å². The van der Waals surface area contributed by atoms with E-state index in [0.29, 0.717) is 38.6 Å². The number of nitrogens with one attached hydrogen (secondary N) is 4. The van der Waals surface area contributed by atoms with Crippen LogP contribution < -0.4 is 21.5 Å². The largest absolute Gasteiger partial charge is 0.465 e. The molecule has 3 unspecified atom stereocenters. The number of hydrazine groups is 2. The van der Waals surface area contributed by atoms with E-state index in [1.165, 1.54) is 4.90 Å². The molecule has 2 amide bonds. The number of ketones is 1. The molecule has 1 aromatic rings. The number of hydrogen-bond donors (Lipinski definition) is 5. The van der Waals surface area contributed by atoms with Gasteiger partial charge >= 0.3 is 6.09 Å². The highest BCUT2D eigenvalue weighted by Crippen LogP contribution is 2.20. The summed E-state index contributed by atoms with van der Waals surface area (Å²) in [6.45, 7) is 4.48. The van der Waals surface area contributed by atoms with Gasteiger partial charge in [0.2, 0.25) is 5.91 Å². The summed E-state index contributed by atoms with van der Waals surface area (Å²) in [6.07, 6.45) is 0.700. The first-order valence-corrected chi connectivity index (χ1v) is 12.1. The lowest BCUT2D eigenvalue weighted by molar-refractivity contribution is -0.121. The van der Waals surface area contributed by atoms with Crippen LogP contribution in [-0.4, -0.2) is 98.1 Å². The van der Waals surface area contributed by atoms with E-state index >= 15 is 0 Å². The van der Waals surface area contributed by atoms with Crippen molar-refractivity contribution in [3.05, 3.63) is 47.8 Å². The lowest BCUT2D eigenvalue weighted by Crippen LogP contribution is -2.65. The van der Waals surface area contributed by atoms with Gasteiger partial charge in [-0.15, -0.1) is 5.12 Å². The summed E-state index contributed by atoms with van der Waals surface area (Å²) >= 11 is 0. The second-order valence-electron chi connectivity index (χ2n) is 8.70. The van der Waals surface area contributed by atoms with E-state index in [4.69, 9.17) is 9.47 Å². The number of nitrogens with zero attached hydrogens (tertiary/aromatic N) is 2. The van der Waals surface area contributed by atoms with Crippen LogP contribution in [-0.2, 0) is 25.5 Å². The predicted molar refractivity (Wildman–Crippen MR) is 131 cm³/mol. The third-order valence-electron chi connectivity index (χ3n) is 6.24. The third-order valence-corrected chi connectivity index (χ3v) is 6.24. The molecule has 2 aliphatic rings. The molecular weight excluding hydrogens is 468 g/mol. The lowest BCUT2D eigenvalue weighted by Gasteiger charge is -2.42. The second-order valence-corrected chi connectivity index (χ2v) is 8.70. The molecule has 12 heteroatoms. The number of Topliss-reactive ketones (excluding diaryl/α,β-unsaturated/α-hetero) is 1.